The molecule has 2 heterocycles. The van der Waals surface area contributed by atoms with Gasteiger partial charge in [0.1, 0.15) is 0 Å². The summed E-state index contributed by atoms with van der Waals surface area (Å²) < 4.78 is 0. The molecule has 0 bridgehead atoms. The number of hydrogen-bond donors (Lipinski definition) is 0. The average molecular weight is 329 g/mol. The molecule has 132 valence electrons. The molecule has 0 aliphatic carbocycles. The first-order valence-corrected chi connectivity index (χ1v) is 9.43. The SMILES string of the molecule is CN(CC1CCN(Cc2ccccc2)CC1)C(=O)CN1CCCC1. The Hall–Kier alpha value is -1.39. The Kier molecular flexibility index (Phi) is 6.27. The maximum Gasteiger partial charge on any atom is 0.236 e. The van der Waals surface area contributed by atoms with Crippen LogP contribution in [0.3, 0.4) is 0 Å². The molecule has 1 aromatic carbocycles. The summed E-state index contributed by atoms with van der Waals surface area (Å²) in [6.07, 6.45) is 4.90. The zero-order valence-electron chi connectivity index (χ0n) is 15.0. The zero-order valence-corrected chi connectivity index (χ0v) is 15.0. The van der Waals surface area contributed by atoms with E-state index < -0.39 is 0 Å². The Morgan fingerprint density at radius 3 is 2.38 bits per heavy atom. The lowest BCUT2D eigenvalue weighted by atomic mass is 9.96. The van der Waals surface area contributed by atoms with Crippen LogP contribution >= 0.6 is 0 Å². The normalized spacial score (nSPS) is 20.4. The molecule has 0 spiro atoms. The highest BCUT2D eigenvalue weighted by Crippen LogP contribution is 2.20. The van der Waals surface area contributed by atoms with Crippen molar-refractivity contribution in [1.29, 1.82) is 0 Å². The molecule has 0 atom stereocenters. The van der Waals surface area contributed by atoms with Crippen molar-refractivity contribution in [2.24, 2.45) is 5.92 Å². The lowest BCUT2D eigenvalue weighted by Crippen LogP contribution is -2.42. The largest absolute Gasteiger partial charge is 0.344 e. The second kappa shape index (κ2) is 8.63. The number of piperidine rings is 1. The van der Waals surface area contributed by atoms with Gasteiger partial charge in [-0.05, 0) is 63.3 Å². The Labute approximate surface area is 146 Å². The summed E-state index contributed by atoms with van der Waals surface area (Å²) in [6, 6.07) is 10.7. The number of amides is 1. The molecule has 2 fully saturated rings. The molecule has 1 aromatic rings. The van der Waals surface area contributed by atoms with Gasteiger partial charge in [0, 0.05) is 20.1 Å². The Morgan fingerprint density at radius 2 is 1.71 bits per heavy atom. The van der Waals surface area contributed by atoms with Crippen molar-refractivity contribution >= 4 is 5.91 Å². The maximum absolute atomic E-state index is 12.4. The molecule has 0 unspecified atom stereocenters. The first kappa shape index (κ1) is 17.4. The second-order valence-corrected chi connectivity index (χ2v) is 7.46. The summed E-state index contributed by atoms with van der Waals surface area (Å²) >= 11 is 0. The predicted molar refractivity (Wildman–Crippen MR) is 97.8 cm³/mol. The maximum atomic E-state index is 12.4. The van der Waals surface area contributed by atoms with Crippen molar-refractivity contribution in [3.05, 3.63) is 35.9 Å². The van der Waals surface area contributed by atoms with Crippen molar-refractivity contribution in [2.75, 3.05) is 46.3 Å². The fourth-order valence-corrected chi connectivity index (χ4v) is 3.91. The molecular formula is C20H31N3O. The molecule has 4 heteroatoms. The van der Waals surface area contributed by atoms with E-state index in [1.54, 1.807) is 0 Å². The van der Waals surface area contributed by atoms with E-state index in [1.807, 2.05) is 11.9 Å². The van der Waals surface area contributed by atoms with Crippen LogP contribution in [0.25, 0.3) is 0 Å². The Balaban J connectivity index is 1.37. The summed E-state index contributed by atoms with van der Waals surface area (Å²) in [6.45, 7) is 7.07. The molecule has 0 radical (unpaired) electrons. The van der Waals surface area contributed by atoms with E-state index in [1.165, 1.54) is 31.2 Å². The minimum absolute atomic E-state index is 0.295. The molecule has 2 saturated heterocycles. The molecule has 24 heavy (non-hydrogen) atoms. The lowest BCUT2D eigenvalue weighted by Gasteiger charge is -2.34. The van der Waals surface area contributed by atoms with Crippen LogP contribution in [0, 0.1) is 5.92 Å². The Morgan fingerprint density at radius 1 is 1.04 bits per heavy atom. The third-order valence-corrected chi connectivity index (χ3v) is 5.47. The molecular weight excluding hydrogens is 298 g/mol. The van der Waals surface area contributed by atoms with Crippen LogP contribution in [0.1, 0.15) is 31.2 Å². The van der Waals surface area contributed by atoms with Crippen LogP contribution in [0.15, 0.2) is 30.3 Å². The van der Waals surface area contributed by atoms with E-state index in [9.17, 15) is 4.79 Å². The van der Waals surface area contributed by atoms with Crippen LogP contribution in [0.4, 0.5) is 0 Å². The monoisotopic (exact) mass is 329 g/mol. The molecule has 3 rings (SSSR count). The zero-order chi connectivity index (χ0) is 16.8. The van der Waals surface area contributed by atoms with Gasteiger partial charge in [-0.2, -0.15) is 0 Å². The van der Waals surface area contributed by atoms with Gasteiger partial charge < -0.3 is 4.90 Å². The third kappa shape index (κ3) is 5.05. The first-order valence-electron chi connectivity index (χ1n) is 9.43. The fraction of sp³-hybridized carbons (Fsp3) is 0.650. The first-order chi connectivity index (χ1) is 11.7. The van der Waals surface area contributed by atoms with Gasteiger partial charge in [0.05, 0.1) is 6.54 Å². The van der Waals surface area contributed by atoms with Crippen molar-refractivity contribution in [3.8, 4) is 0 Å². The van der Waals surface area contributed by atoms with Crippen LogP contribution in [-0.4, -0.2) is 66.9 Å². The minimum Gasteiger partial charge on any atom is -0.344 e. The average Bonchev–Trinajstić information content (AvgIpc) is 3.10. The van der Waals surface area contributed by atoms with Crippen LogP contribution in [0.5, 0.6) is 0 Å². The summed E-state index contributed by atoms with van der Waals surface area (Å²) in [5, 5.41) is 0. The number of carbonyl (C=O) groups excluding carboxylic acids is 1. The topological polar surface area (TPSA) is 26.8 Å². The predicted octanol–water partition coefficient (Wildman–Crippen LogP) is 2.45. The minimum atomic E-state index is 0.295. The number of hydrogen-bond acceptors (Lipinski definition) is 3. The summed E-state index contributed by atoms with van der Waals surface area (Å²) in [7, 11) is 1.98. The molecule has 1 amide bonds. The molecule has 0 N–H and O–H groups in total. The summed E-state index contributed by atoms with van der Waals surface area (Å²) in [5.41, 5.74) is 1.40. The number of likely N-dealkylation sites (tertiary alicyclic amines) is 2. The lowest BCUT2D eigenvalue weighted by molar-refractivity contribution is -0.131. The van der Waals surface area contributed by atoms with Crippen molar-refractivity contribution < 1.29 is 4.79 Å². The van der Waals surface area contributed by atoms with E-state index in [2.05, 4.69) is 40.1 Å². The fourth-order valence-electron chi connectivity index (χ4n) is 3.91. The molecule has 2 aliphatic heterocycles. The van der Waals surface area contributed by atoms with Crippen molar-refractivity contribution in [2.45, 2.75) is 32.2 Å². The van der Waals surface area contributed by atoms with Crippen molar-refractivity contribution in [1.82, 2.24) is 14.7 Å². The second-order valence-electron chi connectivity index (χ2n) is 7.46. The van der Waals surface area contributed by atoms with E-state index >= 15 is 0 Å². The highest BCUT2D eigenvalue weighted by molar-refractivity contribution is 5.78. The smallest absolute Gasteiger partial charge is 0.236 e. The molecule has 0 saturated carbocycles. The van der Waals surface area contributed by atoms with Crippen LogP contribution in [-0.2, 0) is 11.3 Å². The van der Waals surface area contributed by atoms with Gasteiger partial charge in [0.25, 0.3) is 0 Å². The van der Waals surface area contributed by atoms with E-state index in [4.69, 9.17) is 0 Å². The van der Waals surface area contributed by atoms with Gasteiger partial charge in [-0.3, -0.25) is 14.6 Å². The third-order valence-electron chi connectivity index (χ3n) is 5.47. The van der Waals surface area contributed by atoms with Crippen LogP contribution < -0.4 is 0 Å². The molecule has 2 aliphatic rings. The van der Waals surface area contributed by atoms with Gasteiger partial charge in [-0.15, -0.1) is 0 Å². The van der Waals surface area contributed by atoms with Gasteiger partial charge >= 0.3 is 0 Å². The highest BCUT2D eigenvalue weighted by atomic mass is 16.2. The summed E-state index contributed by atoms with van der Waals surface area (Å²) in [4.78, 5) is 19.2. The summed E-state index contributed by atoms with van der Waals surface area (Å²) in [5.74, 6) is 0.952. The van der Waals surface area contributed by atoms with Crippen molar-refractivity contribution in [3.63, 3.8) is 0 Å². The number of nitrogens with zero attached hydrogens (tertiary/aromatic N) is 3. The Bertz CT molecular complexity index is 505. The number of carbonyl (C=O) groups is 1. The van der Waals surface area contributed by atoms with Gasteiger partial charge in [0.2, 0.25) is 5.91 Å². The van der Waals surface area contributed by atoms with Gasteiger partial charge in [-0.25, -0.2) is 0 Å². The van der Waals surface area contributed by atoms with E-state index in [0.717, 1.165) is 39.3 Å². The van der Waals surface area contributed by atoms with E-state index in [0.29, 0.717) is 18.4 Å². The quantitative estimate of drug-likeness (QED) is 0.802. The number of likely N-dealkylation sites (N-methyl/N-ethyl adjacent to an activating group) is 1. The molecule has 0 aromatic heterocycles. The number of benzene rings is 1. The van der Waals surface area contributed by atoms with Gasteiger partial charge in [-0.1, -0.05) is 30.3 Å². The van der Waals surface area contributed by atoms with E-state index in [-0.39, 0.29) is 0 Å². The van der Waals surface area contributed by atoms with Gasteiger partial charge in [0.15, 0.2) is 0 Å². The van der Waals surface area contributed by atoms with Crippen LogP contribution in [0.2, 0.25) is 0 Å². The number of rotatable bonds is 6. The highest BCUT2D eigenvalue weighted by Gasteiger charge is 2.23. The molecule has 4 nitrogen and oxygen atoms in total. The standard InChI is InChI=1S/C20H31N3O/c1-21(20(24)17-22-11-5-6-12-22)15-19-9-13-23(14-10-19)16-18-7-3-2-4-8-18/h2-4,7-8,19H,5-6,9-17H2,1H3.